The normalized spacial score (nSPS) is 11.7. The molecule has 1 rings (SSSR count). The largest absolute Gasteiger partial charge is 0.504 e. The highest BCUT2D eigenvalue weighted by atomic mass is 16.3. The van der Waals surface area contributed by atoms with Gasteiger partial charge in [-0.15, -0.1) is 0 Å². The topological polar surface area (TPSA) is 40.5 Å². The molecule has 26 heavy (non-hydrogen) atoms. The molecule has 0 aliphatic rings. The van der Waals surface area contributed by atoms with Crippen molar-refractivity contribution in [1.82, 2.24) is 0 Å². The molecule has 2 N–H and O–H groups in total. The van der Waals surface area contributed by atoms with Crippen LogP contribution in [0.3, 0.4) is 0 Å². The van der Waals surface area contributed by atoms with E-state index in [2.05, 4.69) is 31.2 Å². The zero-order chi connectivity index (χ0) is 18.9. The van der Waals surface area contributed by atoms with Gasteiger partial charge in [0, 0.05) is 0 Å². The van der Waals surface area contributed by atoms with Crippen LogP contribution in [0, 0.1) is 0 Å². The van der Waals surface area contributed by atoms with Gasteiger partial charge in [-0.1, -0.05) is 81.9 Å². The minimum Gasteiger partial charge on any atom is -0.504 e. The van der Waals surface area contributed by atoms with Gasteiger partial charge < -0.3 is 10.2 Å². The van der Waals surface area contributed by atoms with Crippen molar-refractivity contribution in [1.29, 1.82) is 0 Å². The fraction of sp³-hybridized carbons (Fsp3) is 0.583. The summed E-state index contributed by atoms with van der Waals surface area (Å²) < 4.78 is 0. The predicted octanol–water partition coefficient (Wildman–Crippen LogP) is 7.45. The van der Waals surface area contributed by atoms with E-state index in [1.165, 1.54) is 70.3 Å². The minimum absolute atomic E-state index is 0.0115. The van der Waals surface area contributed by atoms with Gasteiger partial charge in [0.15, 0.2) is 11.5 Å². The van der Waals surface area contributed by atoms with Crippen LogP contribution in [-0.2, 0) is 6.42 Å². The molecular weight excluding hydrogens is 320 g/mol. The molecule has 2 nitrogen and oxygen atoms in total. The summed E-state index contributed by atoms with van der Waals surface area (Å²) in [5.74, 6) is 0.0395. The first-order valence-corrected chi connectivity index (χ1v) is 10.6. The van der Waals surface area contributed by atoms with E-state index in [0.717, 1.165) is 24.8 Å². The molecule has 0 amide bonds. The van der Waals surface area contributed by atoms with Crippen LogP contribution in [-0.4, -0.2) is 10.2 Å². The first-order chi connectivity index (χ1) is 12.8. The fourth-order valence-corrected chi connectivity index (χ4v) is 3.08. The van der Waals surface area contributed by atoms with Crippen LogP contribution >= 0.6 is 0 Å². The van der Waals surface area contributed by atoms with Crippen LogP contribution in [0.15, 0.2) is 42.5 Å². The Morgan fingerprint density at radius 2 is 1.35 bits per heavy atom. The van der Waals surface area contributed by atoms with Crippen molar-refractivity contribution in [2.24, 2.45) is 0 Å². The smallest absolute Gasteiger partial charge is 0.160 e. The van der Waals surface area contributed by atoms with Crippen LogP contribution in [0.2, 0.25) is 0 Å². The molecular formula is C24H38O2. The zero-order valence-corrected chi connectivity index (χ0v) is 16.6. The maximum Gasteiger partial charge on any atom is 0.160 e. The number of allylic oxidation sites excluding steroid dienone is 4. The summed E-state index contributed by atoms with van der Waals surface area (Å²) in [6.45, 7) is 2.25. The summed E-state index contributed by atoms with van der Waals surface area (Å²) in [4.78, 5) is 0. The van der Waals surface area contributed by atoms with Gasteiger partial charge in [-0.25, -0.2) is 0 Å². The van der Waals surface area contributed by atoms with E-state index < -0.39 is 0 Å². The number of hydrogen-bond acceptors (Lipinski definition) is 2. The lowest BCUT2D eigenvalue weighted by Gasteiger charge is -2.06. The molecule has 1 aromatic rings. The first-order valence-electron chi connectivity index (χ1n) is 10.6. The van der Waals surface area contributed by atoms with E-state index in [1.807, 2.05) is 6.07 Å². The molecule has 0 spiro atoms. The first kappa shape index (κ1) is 22.3. The zero-order valence-electron chi connectivity index (χ0n) is 16.6. The third-order valence-electron chi connectivity index (χ3n) is 4.75. The molecule has 0 heterocycles. The van der Waals surface area contributed by atoms with Gasteiger partial charge in [-0.3, -0.25) is 0 Å². The minimum atomic E-state index is -0.0115. The van der Waals surface area contributed by atoms with Crippen molar-refractivity contribution < 1.29 is 10.2 Å². The van der Waals surface area contributed by atoms with Crippen molar-refractivity contribution in [3.05, 3.63) is 48.1 Å². The Hall–Kier alpha value is -1.70. The van der Waals surface area contributed by atoms with E-state index in [1.54, 1.807) is 6.07 Å². The van der Waals surface area contributed by atoms with Crippen molar-refractivity contribution in [3.63, 3.8) is 0 Å². The molecule has 0 aliphatic heterocycles. The second-order valence-corrected chi connectivity index (χ2v) is 7.12. The third-order valence-corrected chi connectivity index (χ3v) is 4.75. The summed E-state index contributed by atoms with van der Waals surface area (Å²) in [7, 11) is 0. The van der Waals surface area contributed by atoms with E-state index in [-0.39, 0.29) is 11.5 Å². The number of para-hydroxylation sites is 1. The average molecular weight is 359 g/mol. The molecule has 0 radical (unpaired) electrons. The van der Waals surface area contributed by atoms with Gasteiger partial charge in [-0.2, -0.15) is 0 Å². The van der Waals surface area contributed by atoms with Gasteiger partial charge in [0.2, 0.25) is 0 Å². The molecule has 2 heteroatoms. The third kappa shape index (κ3) is 11.0. The molecule has 0 aliphatic carbocycles. The highest BCUT2D eigenvalue weighted by molar-refractivity contribution is 5.44. The lowest BCUT2D eigenvalue weighted by Crippen LogP contribution is -1.87. The van der Waals surface area contributed by atoms with Gasteiger partial charge in [0.1, 0.15) is 0 Å². The van der Waals surface area contributed by atoms with E-state index in [4.69, 9.17) is 0 Å². The Morgan fingerprint density at radius 1 is 0.731 bits per heavy atom. The summed E-state index contributed by atoms with van der Waals surface area (Å²) >= 11 is 0. The molecule has 0 aromatic heterocycles. The molecule has 0 saturated carbocycles. The second-order valence-electron chi connectivity index (χ2n) is 7.12. The fourth-order valence-electron chi connectivity index (χ4n) is 3.08. The Labute approximate surface area is 160 Å². The molecule has 0 bridgehead atoms. The van der Waals surface area contributed by atoms with E-state index in [9.17, 15) is 10.2 Å². The van der Waals surface area contributed by atoms with Gasteiger partial charge in [0.05, 0.1) is 0 Å². The summed E-state index contributed by atoms with van der Waals surface area (Å²) in [5, 5.41) is 19.2. The van der Waals surface area contributed by atoms with Gasteiger partial charge in [-0.05, 0) is 56.6 Å². The average Bonchev–Trinajstić information content (AvgIpc) is 2.64. The highest BCUT2D eigenvalue weighted by Gasteiger charge is 2.04. The predicted molar refractivity (Wildman–Crippen MR) is 113 cm³/mol. The molecule has 146 valence electrons. The second kappa shape index (κ2) is 15.5. The lowest BCUT2D eigenvalue weighted by molar-refractivity contribution is 0.398. The maximum atomic E-state index is 9.76. The Kier molecular flexibility index (Phi) is 13.4. The standard InChI is InChI=1S/C24H38O2/c1-2-3-4-5-6-7-8-9-10-11-12-13-14-15-16-17-19-22-20-18-21-23(25)24(22)26/h6-7,9-10,18,20-21,25-26H,2-5,8,11-17,19H2,1H3/b7-6+,10-9+. The number of phenolic OH excluding ortho intramolecular Hbond substituents is 2. The Bertz CT molecular complexity index is 517. The van der Waals surface area contributed by atoms with Gasteiger partial charge >= 0.3 is 0 Å². The van der Waals surface area contributed by atoms with Crippen LogP contribution in [0.25, 0.3) is 0 Å². The van der Waals surface area contributed by atoms with Crippen LogP contribution in [0.4, 0.5) is 0 Å². The van der Waals surface area contributed by atoms with Crippen molar-refractivity contribution in [2.75, 3.05) is 0 Å². The summed E-state index contributed by atoms with van der Waals surface area (Å²) in [6, 6.07) is 5.21. The molecule has 0 unspecified atom stereocenters. The van der Waals surface area contributed by atoms with Crippen molar-refractivity contribution in [2.45, 2.75) is 90.4 Å². The van der Waals surface area contributed by atoms with Crippen molar-refractivity contribution in [3.8, 4) is 11.5 Å². The number of unbranched alkanes of at least 4 members (excludes halogenated alkanes) is 9. The lowest BCUT2D eigenvalue weighted by atomic mass is 10.0. The Balaban J connectivity index is 1.90. The number of aryl methyl sites for hydroxylation is 1. The summed E-state index contributed by atoms with van der Waals surface area (Å²) in [6.07, 6.45) is 24.9. The number of aromatic hydroxyl groups is 2. The van der Waals surface area contributed by atoms with Crippen LogP contribution in [0.1, 0.15) is 89.5 Å². The van der Waals surface area contributed by atoms with E-state index >= 15 is 0 Å². The number of phenols is 2. The SMILES string of the molecule is CCCCC/C=C/C/C=C/CCCCCCCCc1cccc(O)c1O. The van der Waals surface area contributed by atoms with Crippen LogP contribution < -0.4 is 0 Å². The molecule has 0 saturated heterocycles. The molecule has 0 atom stereocenters. The number of hydrogen-bond donors (Lipinski definition) is 2. The van der Waals surface area contributed by atoms with Crippen molar-refractivity contribution >= 4 is 0 Å². The number of benzene rings is 1. The maximum absolute atomic E-state index is 9.76. The van der Waals surface area contributed by atoms with Crippen LogP contribution in [0.5, 0.6) is 11.5 Å². The molecule has 1 aromatic carbocycles. The number of rotatable bonds is 15. The quantitative estimate of drug-likeness (QED) is 0.194. The molecule has 0 fully saturated rings. The van der Waals surface area contributed by atoms with Gasteiger partial charge in [0.25, 0.3) is 0 Å². The summed E-state index contributed by atoms with van der Waals surface area (Å²) in [5.41, 5.74) is 0.856. The Morgan fingerprint density at radius 3 is 2.04 bits per heavy atom. The highest BCUT2D eigenvalue weighted by Crippen LogP contribution is 2.29. The monoisotopic (exact) mass is 358 g/mol. The van der Waals surface area contributed by atoms with E-state index in [0.29, 0.717) is 0 Å².